The molecule has 0 bridgehead atoms. The number of phosphoric ester groups is 1. The molecule has 0 heterocycles. The Hall–Kier alpha value is -1.32. The summed E-state index contributed by atoms with van der Waals surface area (Å²) in [7, 11) is -10.5. The molecule has 52 heavy (non-hydrogen) atoms. The number of ether oxygens (including phenoxy) is 2. The van der Waals surface area contributed by atoms with Gasteiger partial charge in [0, 0.05) is 12.8 Å². The van der Waals surface area contributed by atoms with Gasteiger partial charge in [-0.05, 0) is 64.2 Å². The quantitative estimate of drug-likeness (QED) is 0.0236. The minimum atomic E-state index is -5.32. The maximum absolute atomic E-state index is 12.5. The topological polar surface area (TPSA) is 166 Å². The SMILES string of the molecule is CCCCCCCC/C=C\CCCCCCCC(=O)OCC(COP(=O)(O)OP(=O)(O)O)OC(=O)CCCCCCC/C=C\CCCCCCCC. The number of unbranched alkanes of at least 4 members (excludes halogenated alkanes) is 22. The van der Waals surface area contributed by atoms with E-state index >= 15 is 0 Å². The van der Waals surface area contributed by atoms with Crippen molar-refractivity contribution in [3.8, 4) is 0 Å². The first-order valence-corrected chi connectivity index (χ1v) is 23.4. The molecule has 0 aromatic heterocycles. The van der Waals surface area contributed by atoms with Crippen molar-refractivity contribution in [1.29, 1.82) is 0 Å². The van der Waals surface area contributed by atoms with Gasteiger partial charge in [0.05, 0.1) is 6.61 Å². The van der Waals surface area contributed by atoms with Crippen LogP contribution in [0.25, 0.3) is 0 Å². The van der Waals surface area contributed by atoms with Gasteiger partial charge in [-0.15, -0.1) is 0 Å². The molecule has 13 heteroatoms. The molecule has 11 nitrogen and oxygen atoms in total. The van der Waals surface area contributed by atoms with Gasteiger partial charge in [0.15, 0.2) is 6.10 Å². The molecule has 0 saturated carbocycles. The first-order chi connectivity index (χ1) is 25.0. The lowest BCUT2D eigenvalue weighted by Crippen LogP contribution is -2.29. The Morgan fingerprint density at radius 2 is 0.885 bits per heavy atom. The number of carbonyl (C=O) groups is 2. The molecule has 0 radical (unpaired) electrons. The first-order valence-electron chi connectivity index (χ1n) is 20.4. The molecule has 0 amide bonds. The first kappa shape index (κ1) is 50.7. The van der Waals surface area contributed by atoms with E-state index in [-0.39, 0.29) is 12.8 Å². The van der Waals surface area contributed by atoms with Crippen LogP contribution in [0.4, 0.5) is 0 Å². The zero-order valence-electron chi connectivity index (χ0n) is 32.6. The Labute approximate surface area is 315 Å². The maximum Gasteiger partial charge on any atom is 0.481 e. The van der Waals surface area contributed by atoms with Crippen molar-refractivity contribution < 1.29 is 51.7 Å². The minimum Gasteiger partial charge on any atom is -0.462 e. The fourth-order valence-electron chi connectivity index (χ4n) is 5.63. The summed E-state index contributed by atoms with van der Waals surface area (Å²) in [6, 6.07) is 0. The van der Waals surface area contributed by atoms with E-state index in [0.29, 0.717) is 12.8 Å². The van der Waals surface area contributed by atoms with Crippen molar-refractivity contribution in [3.05, 3.63) is 24.3 Å². The van der Waals surface area contributed by atoms with Crippen LogP contribution in [0.15, 0.2) is 24.3 Å². The maximum atomic E-state index is 12.5. The molecule has 0 aliphatic heterocycles. The Morgan fingerprint density at radius 3 is 1.29 bits per heavy atom. The van der Waals surface area contributed by atoms with Crippen molar-refractivity contribution >= 4 is 27.6 Å². The lowest BCUT2D eigenvalue weighted by Gasteiger charge is -2.20. The van der Waals surface area contributed by atoms with Crippen molar-refractivity contribution in [2.45, 2.75) is 200 Å². The van der Waals surface area contributed by atoms with E-state index in [1.54, 1.807) is 0 Å². The highest BCUT2D eigenvalue weighted by Gasteiger charge is 2.34. The molecule has 0 aliphatic rings. The minimum absolute atomic E-state index is 0.104. The number of esters is 2. The molecule has 3 N–H and O–H groups in total. The Bertz CT molecular complexity index is 1010. The lowest BCUT2D eigenvalue weighted by molar-refractivity contribution is -0.161. The van der Waals surface area contributed by atoms with E-state index in [4.69, 9.17) is 19.3 Å². The molecule has 0 saturated heterocycles. The number of rotatable bonds is 38. The van der Waals surface area contributed by atoms with Gasteiger partial charge in [0.2, 0.25) is 0 Å². The van der Waals surface area contributed by atoms with Crippen LogP contribution >= 0.6 is 15.6 Å². The third kappa shape index (κ3) is 38.4. The van der Waals surface area contributed by atoms with Crippen LogP contribution < -0.4 is 0 Å². The second kappa shape index (κ2) is 35.4. The summed E-state index contributed by atoms with van der Waals surface area (Å²) < 4.78 is 41.9. The van der Waals surface area contributed by atoms with E-state index in [2.05, 4.69) is 47.0 Å². The number of allylic oxidation sites excluding steroid dienone is 4. The lowest BCUT2D eigenvalue weighted by atomic mass is 10.1. The van der Waals surface area contributed by atoms with Crippen molar-refractivity contribution in [2.75, 3.05) is 13.2 Å². The number of hydrogen-bond acceptors (Lipinski definition) is 8. The third-order valence-electron chi connectivity index (χ3n) is 8.65. The number of hydrogen-bond donors (Lipinski definition) is 3. The van der Waals surface area contributed by atoms with Crippen LogP contribution in [0.5, 0.6) is 0 Å². The van der Waals surface area contributed by atoms with Gasteiger partial charge in [0.25, 0.3) is 0 Å². The molecule has 0 aliphatic carbocycles. The fourth-order valence-corrected chi connectivity index (χ4v) is 7.25. The van der Waals surface area contributed by atoms with Crippen LogP contribution in [0.1, 0.15) is 194 Å². The highest BCUT2D eigenvalue weighted by molar-refractivity contribution is 7.60. The standard InChI is InChI=1S/C39H74O11P2/c1-3-5-7-9-11-13-15-17-19-21-23-25-27-29-31-33-38(40)47-35-37(36-48-52(45,46)50-51(42,43)44)49-39(41)34-32-30-28-26-24-22-20-18-16-14-12-10-8-6-4-2/h17-20,37H,3-16,21-36H2,1-2H3,(H,45,46)(H2,42,43,44)/b19-17-,20-18-. The van der Waals surface area contributed by atoms with Crippen LogP contribution in [0.2, 0.25) is 0 Å². The second-order valence-electron chi connectivity index (χ2n) is 13.8. The van der Waals surface area contributed by atoms with Gasteiger partial charge in [-0.2, -0.15) is 4.31 Å². The summed E-state index contributed by atoms with van der Waals surface area (Å²) >= 11 is 0. The average Bonchev–Trinajstić information content (AvgIpc) is 3.08. The molecule has 0 aromatic carbocycles. The average molecular weight is 781 g/mol. The molecule has 306 valence electrons. The van der Waals surface area contributed by atoms with Crippen molar-refractivity contribution in [1.82, 2.24) is 0 Å². The summed E-state index contributed by atoms with van der Waals surface area (Å²) in [6.45, 7) is 3.27. The highest BCUT2D eigenvalue weighted by atomic mass is 31.3. The summed E-state index contributed by atoms with van der Waals surface area (Å²) in [6.07, 6.45) is 37.5. The number of carbonyl (C=O) groups excluding carboxylic acids is 2. The van der Waals surface area contributed by atoms with E-state index in [1.807, 2.05) is 0 Å². The number of phosphoric acid groups is 2. The van der Waals surface area contributed by atoms with Gasteiger partial charge in [0.1, 0.15) is 6.61 Å². The molecule has 0 spiro atoms. The molecular weight excluding hydrogens is 706 g/mol. The molecular formula is C39H74O11P2. The monoisotopic (exact) mass is 780 g/mol. The fraction of sp³-hybridized carbons (Fsp3) is 0.846. The Balaban J connectivity index is 4.30. The van der Waals surface area contributed by atoms with Gasteiger partial charge in [-0.3, -0.25) is 14.1 Å². The van der Waals surface area contributed by atoms with Gasteiger partial charge in [-0.1, -0.05) is 141 Å². The predicted molar refractivity (Wildman–Crippen MR) is 209 cm³/mol. The van der Waals surface area contributed by atoms with E-state index in [1.165, 1.54) is 77.0 Å². The van der Waals surface area contributed by atoms with Crippen LogP contribution in [0.3, 0.4) is 0 Å². The van der Waals surface area contributed by atoms with Crippen molar-refractivity contribution in [2.24, 2.45) is 0 Å². The third-order valence-corrected chi connectivity index (χ3v) is 10.8. The van der Waals surface area contributed by atoms with Gasteiger partial charge in [-0.25, -0.2) is 9.13 Å². The van der Waals surface area contributed by atoms with Crippen LogP contribution in [0, 0.1) is 0 Å². The smallest absolute Gasteiger partial charge is 0.462 e. The molecule has 2 atom stereocenters. The van der Waals surface area contributed by atoms with Crippen molar-refractivity contribution in [3.63, 3.8) is 0 Å². The second-order valence-corrected chi connectivity index (χ2v) is 16.6. The van der Waals surface area contributed by atoms with E-state index in [0.717, 1.165) is 77.0 Å². The highest BCUT2D eigenvalue weighted by Crippen LogP contribution is 2.57. The molecule has 2 unspecified atom stereocenters. The molecule has 0 aromatic rings. The zero-order valence-corrected chi connectivity index (χ0v) is 34.4. The zero-order chi connectivity index (χ0) is 38.6. The summed E-state index contributed by atoms with van der Waals surface area (Å²) in [5.41, 5.74) is 0. The summed E-state index contributed by atoms with van der Waals surface area (Å²) in [5.74, 6) is -1.10. The largest absolute Gasteiger partial charge is 0.481 e. The van der Waals surface area contributed by atoms with Gasteiger partial charge >= 0.3 is 27.6 Å². The van der Waals surface area contributed by atoms with E-state index in [9.17, 15) is 23.6 Å². The van der Waals surface area contributed by atoms with Crippen LogP contribution in [-0.4, -0.2) is 45.9 Å². The summed E-state index contributed by atoms with van der Waals surface area (Å²) in [5, 5.41) is 0. The normalized spacial score (nSPS) is 13.9. The summed E-state index contributed by atoms with van der Waals surface area (Å²) in [4.78, 5) is 52.2. The molecule has 0 fully saturated rings. The molecule has 0 rings (SSSR count). The van der Waals surface area contributed by atoms with Crippen LogP contribution in [-0.2, 0) is 37.0 Å². The Kier molecular flexibility index (Phi) is 34.5. The Morgan fingerprint density at radius 1 is 0.519 bits per heavy atom. The predicted octanol–water partition coefficient (Wildman–Crippen LogP) is 11.7. The van der Waals surface area contributed by atoms with E-state index < -0.39 is 46.9 Å². The van der Waals surface area contributed by atoms with Gasteiger partial charge < -0.3 is 24.2 Å².